The van der Waals surface area contributed by atoms with E-state index in [-0.39, 0.29) is 19.1 Å². The van der Waals surface area contributed by atoms with E-state index < -0.39 is 12.0 Å². The van der Waals surface area contributed by atoms with Crippen molar-refractivity contribution in [2.45, 2.75) is 38.6 Å². The van der Waals surface area contributed by atoms with Crippen LogP contribution in [0.4, 0.5) is 4.79 Å². The van der Waals surface area contributed by atoms with Crippen LogP contribution in [0.5, 0.6) is 0 Å². The molecule has 0 aromatic heterocycles. The lowest BCUT2D eigenvalue weighted by Crippen LogP contribution is -2.51. The van der Waals surface area contributed by atoms with Crippen molar-refractivity contribution in [2.75, 3.05) is 19.7 Å². The van der Waals surface area contributed by atoms with Crippen LogP contribution in [0.15, 0.2) is 0 Å². The number of piperidine rings is 1. The van der Waals surface area contributed by atoms with Gasteiger partial charge in [0, 0.05) is 26.1 Å². The predicted octanol–water partition coefficient (Wildman–Crippen LogP) is 0.654. The van der Waals surface area contributed by atoms with Crippen molar-refractivity contribution < 1.29 is 19.8 Å². The highest BCUT2D eigenvalue weighted by Gasteiger charge is 2.26. The number of carboxylic acids is 1. The van der Waals surface area contributed by atoms with Gasteiger partial charge in [0.1, 0.15) is 6.04 Å². The summed E-state index contributed by atoms with van der Waals surface area (Å²) < 4.78 is 0. The van der Waals surface area contributed by atoms with Crippen LogP contribution in [0.2, 0.25) is 0 Å². The highest BCUT2D eigenvalue weighted by molar-refractivity contribution is 5.82. The molecule has 0 spiro atoms. The third kappa shape index (κ3) is 4.18. The Morgan fingerprint density at radius 1 is 1.50 bits per heavy atom. The number of nitrogens with zero attached hydrogens (tertiary/aromatic N) is 1. The molecule has 104 valence electrons. The normalized spacial score (nSPS) is 21.4. The minimum atomic E-state index is -1.11. The molecule has 18 heavy (non-hydrogen) atoms. The molecule has 0 aliphatic carbocycles. The first kappa shape index (κ1) is 14.8. The molecule has 6 nitrogen and oxygen atoms in total. The van der Waals surface area contributed by atoms with Crippen molar-refractivity contribution in [1.82, 2.24) is 10.2 Å². The first-order chi connectivity index (χ1) is 8.58. The Hall–Kier alpha value is -1.30. The summed E-state index contributed by atoms with van der Waals surface area (Å²) in [6, 6.07) is -1.35. The lowest BCUT2D eigenvalue weighted by atomic mass is 9.96. The van der Waals surface area contributed by atoms with E-state index in [2.05, 4.69) is 12.2 Å². The summed E-state index contributed by atoms with van der Waals surface area (Å²) in [4.78, 5) is 24.5. The third-order valence-corrected chi connectivity index (χ3v) is 3.40. The number of aliphatic carboxylic acids is 1. The van der Waals surface area contributed by atoms with Gasteiger partial charge in [-0.2, -0.15) is 0 Å². The SMILES string of the molecule is CCC1CCCN(C(=O)N[C@@H](CCO)C(=O)O)C1. The fourth-order valence-corrected chi connectivity index (χ4v) is 2.21. The number of aliphatic hydroxyl groups is 1. The maximum Gasteiger partial charge on any atom is 0.326 e. The monoisotopic (exact) mass is 258 g/mol. The lowest BCUT2D eigenvalue weighted by Gasteiger charge is -2.33. The van der Waals surface area contributed by atoms with E-state index in [1.165, 1.54) is 0 Å². The average molecular weight is 258 g/mol. The van der Waals surface area contributed by atoms with Crippen LogP contribution < -0.4 is 5.32 Å². The number of carbonyl (C=O) groups excluding carboxylic acids is 1. The average Bonchev–Trinajstić information content (AvgIpc) is 2.38. The van der Waals surface area contributed by atoms with Gasteiger partial charge in [-0.1, -0.05) is 13.3 Å². The molecule has 0 aromatic carbocycles. The van der Waals surface area contributed by atoms with Crippen LogP contribution in [0.1, 0.15) is 32.6 Å². The number of hydrogen-bond acceptors (Lipinski definition) is 3. The smallest absolute Gasteiger partial charge is 0.326 e. The Labute approximate surface area is 107 Å². The fraction of sp³-hybridized carbons (Fsp3) is 0.833. The van der Waals surface area contributed by atoms with Crippen LogP contribution in [0, 0.1) is 5.92 Å². The fourth-order valence-electron chi connectivity index (χ4n) is 2.21. The van der Waals surface area contributed by atoms with Crippen LogP contribution in [0.25, 0.3) is 0 Å². The van der Waals surface area contributed by atoms with Gasteiger partial charge in [-0.05, 0) is 18.8 Å². The highest BCUT2D eigenvalue weighted by Crippen LogP contribution is 2.19. The number of carboxylic acid groups (broad SMARTS) is 1. The molecule has 1 unspecified atom stereocenters. The van der Waals surface area contributed by atoms with Crippen molar-refractivity contribution >= 4 is 12.0 Å². The summed E-state index contributed by atoms with van der Waals surface area (Å²) in [7, 11) is 0. The molecule has 1 rings (SSSR count). The van der Waals surface area contributed by atoms with Crippen LogP contribution in [0.3, 0.4) is 0 Å². The van der Waals surface area contributed by atoms with E-state index in [4.69, 9.17) is 10.2 Å². The molecule has 1 aliphatic rings. The Balaban J connectivity index is 2.50. The van der Waals surface area contributed by atoms with Gasteiger partial charge >= 0.3 is 12.0 Å². The van der Waals surface area contributed by atoms with Crippen molar-refractivity contribution in [3.05, 3.63) is 0 Å². The molecule has 1 aliphatic heterocycles. The second-order valence-corrected chi connectivity index (χ2v) is 4.72. The first-order valence-corrected chi connectivity index (χ1v) is 6.47. The molecule has 2 atom stereocenters. The molecule has 1 fully saturated rings. The molecular formula is C12H22N2O4. The van der Waals surface area contributed by atoms with Gasteiger partial charge in [0.2, 0.25) is 0 Å². The third-order valence-electron chi connectivity index (χ3n) is 3.40. The van der Waals surface area contributed by atoms with Gasteiger partial charge in [-0.15, -0.1) is 0 Å². The number of carbonyl (C=O) groups is 2. The number of amides is 2. The van der Waals surface area contributed by atoms with Crippen molar-refractivity contribution in [3.63, 3.8) is 0 Å². The van der Waals surface area contributed by atoms with E-state index in [9.17, 15) is 9.59 Å². The highest BCUT2D eigenvalue weighted by atomic mass is 16.4. The number of hydrogen-bond donors (Lipinski definition) is 3. The maximum atomic E-state index is 11.9. The van der Waals surface area contributed by atoms with E-state index in [0.717, 1.165) is 19.3 Å². The molecule has 0 saturated carbocycles. The zero-order valence-corrected chi connectivity index (χ0v) is 10.8. The summed E-state index contributed by atoms with van der Waals surface area (Å²) in [6.45, 7) is 3.20. The summed E-state index contributed by atoms with van der Waals surface area (Å²) in [5.74, 6) is -0.605. The number of rotatable bonds is 5. The quantitative estimate of drug-likeness (QED) is 0.675. The zero-order chi connectivity index (χ0) is 13.5. The van der Waals surface area contributed by atoms with Crippen molar-refractivity contribution in [3.8, 4) is 0 Å². The van der Waals surface area contributed by atoms with Gasteiger partial charge in [0.25, 0.3) is 0 Å². The van der Waals surface area contributed by atoms with Gasteiger partial charge < -0.3 is 20.4 Å². The second kappa shape index (κ2) is 7.20. The van der Waals surface area contributed by atoms with Crippen LogP contribution in [-0.2, 0) is 4.79 Å². The Morgan fingerprint density at radius 3 is 2.78 bits per heavy atom. The van der Waals surface area contributed by atoms with Gasteiger partial charge in [-0.3, -0.25) is 0 Å². The molecular weight excluding hydrogens is 236 g/mol. The molecule has 0 radical (unpaired) electrons. The van der Waals surface area contributed by atoms with Gasteiger partial charge in [0.15, 0.2) is 0 Å². The minimum absolute atomic E-state index is 0.0338. The van der Waals surface area contributed by atoms with E-state index in [0.29, 0.717) is 19.0 Å². The van der Waals surface area contributed by atoms with Gasteiger partial charge in [0.05, 0.1) is 0 Å². The van der Waals surface area contributed by atoms with E-state index in [1.54, 1.807) is 4.90 Å². The molecule has 1 saturated heterocycles. The summed E-state index contributed by atoms with van der Waals surface area (Å²) in [6.07, 6.45) is 3.15. The minimum Gasteiger partial charge on any atom is -0.480 e. The van der Waals surface area contributed by atoms with Crippen LogP contribution >= 0.6 is 0 Å². The molecule has 6 heteroatoms. The standard InChI is InChI=1S/C12H22N2O4/c1-2-9-4-3-6-14(8-9)12(18)13-10(5-7-15)11(16)17/h9-10,15H,2-8H2,1H3,(H,13,18)(H,16,17)/t9?,10-/m0/s1. The topological polar surface area (TPSA) is 89.9 Å². The summed E-state index contributed by atoms with van der Waals surface area (Å²) in [5, 5.41) is 20.1. The predicted molar refractivity (Wildman–Crippen MR) is 66.2 cm³/mol. The largest absolute Gasteiger partial charge is 0.480 e. The maximum absolute atomic E-state index is 11.9. The number of aliphatic hydroxyl groups excluding tert-OH is 1. The number of urea groups is 1. The molecule has 0 aromatic rings. The van der Waals surface area contributed by atoms with E-state index in [1.807, 2.05) is 0 Å². The zero-order valence-electron chi connectivity index (χ0n) is 10.8. The first-order valence-electron chi connectivity index (χ1n) is 6.47. The Bertz CT molecular complexity index is 296. The molecule has 3 N–H and O–H groups in total. The van der Waals surface area contributed by atoms with E-state index >= 15 is 0 Å². The number of likely N-dealkylation sites (tertiary alicyclic amines) is 1. The van der Waals surface area contributed by atoms with Crippen molar-refractivity contribution in [2.24, 2.45) is 5.92 Å². The molecule has 0 bridgehead atoms. The number of nitrogens with one attached hydrogen (secondary N) is 1. The Morgan fingerprint density at radius 2 is 2.22 bits per heavy atom. The lowest BCUT2D eigenvalue weighted by molar-refractivity contribution is -0.139. The molecule has 2 amide bonds. The Kier molecular flexibility index (Phi) is 5.91. The van der Waals surface area contributed by atoms with Crippen LogP contribution in [-0.4, -0.2) is 52.9 Å². The molecule has 1 heterocycles. The van der Waals surface area contributed by atoms with Crippen molar-refractivity contribution in [1.29, 1.82) is 0 Å². The van der Waals surface area contributed by atoms with Gasteiger partial charge in [-0.25, -0.2) is 9.59 Å². The summed E-state index contributed by atoms with van der Waals surface area (Å²) >= 11 is 0. The summed E-state index contributed by atoms with van der Waals surface area (Å²) in [5.41, 5.74) is 0. The second-order valence-electron chi connectivity index (χ2n) is 4.72.